The Hall–Kier alpha value is -3.58. The summed E-state index contributed by atoms with van der Waals surface area (Å²) >= 11 is 3.52. The van der Waals surface area contributed by atoms with Gasteiger partial charge in [-0.3, -0.25) is 0 Å². The van der Waals surface area contributed by atoms with E-state index in [1.54, 1.807) is 13.8 Å². The molecule has 0 radical (unpaired) electrons. The first kappa shape index (κ1) is 24.5. The van der Waals surface area contributed by atoms with Gasteiger partial charge in [-0.1, -0.05) is 64.5 Å². The quantitative estimate of drug-likeness (QED) is 0.354. The highest BCUT2D eigenvalue weighted by Crippen LogP contribution is 2.42. The number of benzene rings is 3. The molecule has 1 aliphatic heterocycles. The maximum absolute atomic E-state index is 13.4. The number of anilines is 2. The van der Waals surface area contributed by atoms with Gasteiger partial charge in [0, 0.05) is 15.8 Å². The molecule has 0 unspecified atom stereocenters. The zero-order valence-corrected chi connectivity index (χ0v) is 21.3. The Morgan fingerprint density at radius 2 is 1.34 bits per heavy atom. The number of carbonyl (C=O) groups is 2. The van der Waals surface area contributed by atoms with Crippen LogP contribution in [0.2, 0.25) is 0 Å². The average Bonchev–Trinajstić information content (AvgIpc) is 2.89. The van der Waals surface area contributed by atoms with E-state index in [2.05, 4.69) is 20.8 Å². The van der Waals surface area contributed by atoms with Gasteiger partial charge in [-0.25, -0.2) is 9.59 Å². The molecule has 0 aliphatic carbocycles. The summed E-state index contributed by atoms with van der Waals surface area (Å²) in [7, 11) is 0. The number of para-hydroxylation sites is 2. The van der Waals surface area contributed by atoms with E-state index in [1.165, 1.54) is 0 Å². The third-order valence-electron chi connectivity index (χ3n) is 5.68. The Bertz CT molecular complexity index is 1200. The molecule has 3 aromatic carbocycles. The normalized spacial score (nSPS) is 15.7. The van der Waals surface area contributed by atoms with Crippen LogP contribution in [-0.4, -0.2) is 31.7 Å². The molecule has 0 aromatic heterocycles. The molecule has 0 spiro atoms. The van der Waals surface area contributed by atoms with Crippen LogP contribution in [0.25, 0.3) is 0 Å². The van der Waals surface area contributed by atoms with Crippen LogP contribution in [0, 0.1) is 0 Å². The van der Waals surface area contributed by atoms with E-state index < -0.39 is 18.1 Å². The minimum atomic E-state index is -0.561. The largest absolute Gasteiger partial charge is 0.463 e. The molecular formula is C28H27BrN2O4. The zero-order chi connectivity index (χ0) is 24.8. The van der Waals surface area contributed by atoms with Crippen LogP contribution in [0.3, 0.4) is 0 Å². The van der Waals surface area contributed by atoms with E-state index in [9.17, 15) is 9.59 Å². The number of nitrogens with zero attached hydrogens (tertiary/aromatic N) is 2. The van der Waals surface area contributed by atoms with Gasteiger partial charge in [0.15, 0.2) is 0 Å². The number of halogens is 1. The molecule has 3 aromatic rings. The number of hydrogen-bond acceptors (Lipinski definition) is 6. The van der Waals surface area contributed by atoms with Gasteiger partial charge >= 0.3 is 11.9 Å². The Balaban J connectivity index is 2.02. The van der Waals surface area contributed by atoms with Crippen LogP contribution < -0.4 is 9.80 Å². The summed E-state index contributed by atoms with van der Waals surface area (Å²) in [6, 6.07) is 27.4. The number of hydrogen-bond donors (Lipinski definition) is 0. The van der Waals surface area contributed by atoms with Crippen molar-refractivity contribution in [3.05, 3.63) is 106 Å². The third-order valence-corrected chi connectivity index (χ3v) is 6.20. The van der Waals surface area contributed by atoms with Crippen molar-refractivity contribution in [1.29, 1.82) is 0 Å². The first-order chi connectivity index (χ1) is 17.0. The summed E-state index contributed by atoms with van der Waals surface area (Å²) in [6.45, 7) is 4.07. The highest BCUT2D eigenvalue weighted by atomic mass is 79.9. The van der Waals surface area contributed by atoms with Crippen LogP contribution in [0.1, 0.15) is 25.6 Å². The van der Waals surface area contributed by atoms with Gasteiger partial charge in [0.2, 0.25) is 0 Å². The topological polar surface area (TPSA) is 59.1 Å². The second kappa shape index (κ2) is 11.2. The van der Waals surface area contributed by atoms with Crippen molar-refractivity contribution in [2.45, 2.75) is 20.0 Å². The summed E-state index contributed by atoms with van der Waals surface area (Å²) in [5.41, 5.74) is 3.06. The van der Waals surface area contributed by atoms with Gasteiger partial charge in [-0.05, 0) is 55.8 Å². The predicted octanol–water partition coefficient (Wildman–Crippen LogP) is 5.85. The van der Waals surface area contributed by atoms with Crippen LogP contribution >= 0.6 is 15.9 Å². The van der Waals surface area contributed by atoms with Crippen molar-refractivity contribution in [3.63, 3.8) is 0 Å². The minimum Gasteiger partial charge on any atom is -0.463 e. The number of ether oxygens (including phenoxy) is 2. The lowest BCUT2D eigenvalue weighted by Crippen LogP contribution is -2.50. The van der Waals surface area contributed by atoms with Crippen LogP contribution in [-0.2, 0) is 19.1 Å². The fourth-order valence-corrected chi connectivity index (χ4v) is 4.48. The fourth-order valence-electron chi connectivity index (χ4n) is 4.21. The van der Waals surface area contributed by atoms with Crippen LogP contribution in [0.5, 0.6) is 0 Å². The van der Waals surface area contributed by atoms with E-state index >= 15 is 0 Å². The molecule has 0 amide bonds. The van der Waals surface area contributed by atoms with Crippen molar-refractivity contribution in [1.82, 2.24) is 0 Å². The van der Waals surface area contributed by atoms with E-state index in [0.717, 1.165) is 21.4 Å². The van der Waals surface area contributed by atoms with E-state index in [0.29, 0.717) is 0 Å². The van der Waals surface area contributed by atoms with Crippen LogP contribution in [0.15, 0.2) is 101 Å². The molecule has 0 N–H and O–H groups in total. The van der Waals surface area contributed by atoms with Gasteiger partial charge in [0.05, 0.1) is 25.3 Å². The highest BCUT2D eigenvalue weighted by molar-refractivity contribution is 9.10. The molecule has 1 aliphatic rings. The fraction of sp³-hybridized carbons (Fsp3) is 0.214. The van der Waals surface area contributed by atoms with Gasteiger partial charge in [-0.2, -0.15) is 0 Å². The monoisotopic (exact) mass is 534 g/mol. The average molecular weight is 535 g/mol. The summed E-state index contributed by atoms with van der Waals surface area (Å²) < 4.78 is 11.8. The Labute approximate surface area is 213 Å². The zero-order valence-electron chi connectivity index (χ0n) is 19.7. The number of carbonyl (C=O) groups excluding carboxylic acids is 2. The minimum absolute atomic E-state index is 0.182. The molecule has 4 rings (SSSR count). The summed E-state index contributed by atoms with van der Waals surface area (Å²) in [5.74, 6) is -1.10. The molecule has 1 heterocycles. The molecule has 0 saturated carbocycles. The SMILES string of the molecule is CCOC(=O)C1=C(C(=O)OCC)N(c2ccccc2)[C@H](c2ccc(Br)cc2)N(c2ccccc2)C1. The molecule has 1 atom stereocenters. The third kappa shape index (κ3) is 5.25. The van der Waals surface area contributed by atoms with Crippen molar-refractivity contribution in [3.8, 4) is 0 Å². The highest BCUT2D eigenvalue weighted by Gasteiger charge is 2.42. The van der Waals surface area contributed by atoms with Crippen molar-refractivity contribution in [2.75, 3.05) is 29.6 Å². The summed E-state index contributed by atoms with van der Waals surface area (Å²) in [5, 5.41) is 0. The second-order valence-corrected chi connectivity index (χ2v) is 8.78. The number of esters is 2. The van der Waals surface area contributed by atoms with Gasteiger partial charge in [-0.15, -0.1) is 0 Å². The van der Waals surface area contributed by atoms with Gasteiger partial charge in [0.1, 0.15) is 11.9 Å². The van der Waals surface area contributed by atoms with E-state index in [1.807, 2.05) is 89.8 Å². The Morgan fingerprint density at radius 3 is 1.91 bits per heavy atom. The van der Waals surface area contributed by atoms with Crippen molar-refractivity contribution < 1.29 is 19.1 Å². The smallest absolute Gasteiger partial charge is 0.355 e. The molecule has 0 bridgehead atoms. The van der Waals surface area contributed by atoms with Gasteiger partial charge < -0.3 is 19.3 Å². The standard InChI is InChI=1S/C28H27BrN2O4/c1-3-34-27(32)24-19-30(22-11-7-5-8-12-22)26(20-15-17-21(29)18-16-20)31(23-13-9-6-10-14-23)25(24)28(33)35-4-2/h5-18,26H,3-4,19H2,1-2H3/t26-/m1/s1. The molecule has 7 heteroatoms. The van der Waals surface area contributed by atoms with E-state index in [4.69, 9.17) is 9.47 Å². The Kier molecular flexibility index (Phi) is 7.87. The molecular weight excluding hydrogens is 508 g/mol. The van der Waals surface area contributed by atoms with Crippen molar-refractivity contribution >= 4 is 39.2 Å². The molecule has 0 saturated heterocycles. The lowest BCUT2D eigenvalue weighted by Gasteiger charge is -2.47. The predicted molar refractivity (Wildman–Crippen MR) is 140 cm³/mol. The first-order valence-electron chi connectivity index (χ1n) is 11.5. The maximum Gasteiger partial charge on any atom is 0.355 e. The molecule has 0 fully saturated rings. The first-order valence-corrected chi connectivity index (χ1v) is 12.3. The second-order valence-electron chi connectivity index (χ2n) is 7.86. The van der Waals surface area contributed by atoms with Gasteiger partial charge in [0.25, 0.3) is 0 Å². The summed E-state index contributed by atoms with van der Waals surface area (Å²) in [4.78, 5) is 30.6. The lowest BCUT2D eigenvalue weighted by atomic mass is 9.99. The molecule has 6 nitrogen and oxygen atoms in total. The van der Waals surface area contributed by atoms with Crippen molar-refractivity contribution in [2.24, 2.45) is 0 Å². The Morgan fingerprint density at radius 1 is 0.800 bits per heavy atom. The lowest BCUT2D eigenvalue weighted by molar-refractivity contribution is -0.142. The maximum atomic E-state index is 13.4. The molecule has 180 valence electrons. The van der Waals surface area contributed by atoms with Crippen LogP contribution in [0.4, 0.5) is 11.4 Å². The number of rotatable bonds is 7. The summed E-state index contributed by atoms with van der Waals surface area (Å²) in [6.07, 6.45) is -0.425. The molecule has 35 heavy (non-hydrogen) atoms. The van der Waals surface area contributed by atoms with E-state index in [-0.39, 0.29) is 31.0 Å².